The van der Waals surface area contributed by atoms with Crippen LogP contribution >= 0.6 is 11.6 Å². The van der Waals surface area contributed by atoms with E-state index in [9.17, 15) is 9.59 Å². The molecule has 0 saturated heterocycles. The Balaban J connectivity index is 3.06. The van der Waals surface area contributed by atoms with Gasteiger partial charge in [-0.15, -0.1) is 0 Å². The Morgan fingerprint density at radius 1 is 1.07 bits per heavy atom. The van der Waals surface area contributed by atoms with Crippen molar-refractivity contribution in [2.24, 2.45) is 0 Å². The molecule has 0 bridgehead atoms. The van der Waals surface area contributed by atoms with Crippen LogP contribution in [0, 0.1) is 0 Å². The van der Waals surface area contributed by atoms with Crippen LogP contribution in [-0.4, -0.2) is 4.98 Å². The van der Waals surface area contributed by atoms with Crippen molar-refractivity contribution in [2.45, 2.75) is 0 Å². The third-order valence-electron chi connectivity index (χ3n) is 1.91. The second kappa shape index (κ2) is 3.27. The third-order valence-corrected chi connectivity index (χ3v) is 2.14. The number of nitrogens with one attached hydrogen (secondary N) is 1. The van der Waals surface area contributed by atoms with E-state index in [1.54, 1.807) is 24.3 Å². The van der Waals surface area contributed by atoms with Crippen LogP contribution < -0.4 is 11.1 Å². The summed E-state index contributed by atoms with van der Waals surface area (Å²) in [5.41, 5.74) is -0.811. The summed E-state index contributed by atoms with van der Waals surface area (Å²) in [6, 6.07) is 7.73. The van der Waals surface area contributed by atoms with Crippen molar-refractivity contribution in [3.63, 3.8) is 0 Å². The summed E-state index contributed by atoms with van der Waals surface area (Å²) < 4.78 is 0. The van der Waals surface area contributed by atoms with Gasteiger partial charge in [-0.2, -0.15) is 0 Å². The molecule has 0 aliphatic rings. The zero-order valence-corrected chi connectivity index (χ0v) is 7.84. The summed E-state index contributed by atoms with van der Waals surface area (Å²) in [7, 11) is 0. The van der Waals surface area contributed by atoms with Crippen molar-refractivity contribution in [1.29, 1.82) is 0 Å². The summed E-state index contributed by atoms with van der Waals surface area (Å²) in [5.74, 6) is 0. The Bertz CT molecular complexity index is 604. The highest BCUT2D eigenvalue weighted by molar-refractivity contribution is 6.31. The van der Waals surface area contributed by atoms with Gasteiger partial charge in [0.25, 0.3) is 11.1 Å². The number of rotatable bonds is 0. The SMILES string of the molecule is O=c1ccc2cc(Cl)ccc2c(=O)[nH]1. The van der Waals surface area contributed by atoms with E-state index in [1.807, 2.05) is 0 Å². The van der Waals surface area contributed by atoms with E-state index in [-0.39, 0.29) is 0 Å². The first-order valence-electron chi connectivity index (χ1n) is 4.00. The summed E-state index contributed by atoms with van der Waals surface area (Å²) in [6.45, 7) is 0. The molecular weight excluding hydrogens is 202 g/mol. The van der Waals surface area contributed by atoms with Crippen LogP contribution in [-0.2, 0) is 0 Å². The number of benzene rings is 1. The van der Waals surface area contributed by atoms with Crippen molar-refractivity contribution in [3.8, 4) is 0 Å². The van der Waals surface area contributed by atoms with Crippen LogP contribution in [0.4, 0.5) is 0 Å². The minimum atomic E-state index is -0.415. The van der Waals surface area contributed by atoms with Crippen LogP contribution in [0.2, 0.25) is 5.02 Å². The first-order valence-corrected chi connectivity index (χ1v) is 4.37. The average Bonchev–Trinajstić information content (AvgIpc) is 2.26. The molecule has 1 aromatic heterocycles. The minimum absolute atomic E-state index is 0.397. The van der Waals surface area contributed by atoms with E-state index in [1.165, 1.54) is 6.07 Å². The lowest BCUT2D eigenvalue weighted by molar-refractivity contribution is 1.22. The Hall–Kier alpha value is -1.61. The molecule has 2 aromatic rings. The maximum absolute atomic E-state index is 11.4. The minimum Gasteiger partial charge on any atom is -0.289 e. The molecule has 0 aliphatic heterocycles. The second-order valence-electron chi connectivity index (χ2n) is 2.88. The largest absolute Gasteiger partial charge is 0.289 e. The monoisotopic (exact) mass is 207 g/mol. The zero-order chi connectivity index (χ0) is 10.1. The van der Waals surface area contributed by atoms with Gasteiger partial charge in [-0.1, -0.05) is 11.6 Å². The fourth-order valence-electron chi connectivity index (χ4n) is 1.26. The van der Waals surface area contributed by atoms with Gasteiger partial charge in [0.2, 0.25) is 0 Å². The predicted molar refractivity (Wildman–Crippen MR) is 55.8 cm³/mol. The molecule has 1 aromatic carbocycles. The molecular formula is C10H6ClNO2. The highest BCUT2D eigenvalue weighted by atomic mass is 35.5. The smallest absolute Gasteiger partial charge is 0.258 e. The van der Waals surface area contributed by atoms with E-state index < -0.39 is 11.1 Å². The molecule has 0 fully saturated rings. The Labute approximate surface area is 84.0 Å². The van der Waals surface area contributed by atoms with E-state index >= 15 is 0 Å². The van der Waals surface area contributed by atoms with E-state index in [0.717, 1.165) is 0 Å². The molecule has 70 valence electrons. The number of H-pyrrole nitrogens is 1. The van der Waals surface area contributed by atoms with Crippen LogP contribution in [0.5, 0.6) is 0 Å². The Morgan fingerprint density at radius 3 is 2.64 bits per heavy atom. The van der Waals surface area contributed by atoms with Gasteiger partial charge in [-0.05, 0) is 29.7 Å². The van der Waals surface area contributed by atoms with Gasteiger partial charge < -0.3 is 0 Å². The topological polar surface area (TPSA) is 49.9 Å². The molecule has 4 heteroatoms. The average molecular weight is 208 g/mol. The summed E-state index contributed by atoms with van der Waals surface area (Å²) in [4.78, 5) is 24.6. The molecule has 2 rings (SSSR count). The summed E-state index contributed by atoms with van der Waals surface area (Å²) >= 11 is 5.76. The quantitative estimate of drug-likeness (QED) is 0.713. The molecule has 0 radical (unpaired) electrons. The number of fused-ring (bicyclic) bond motifs is 1. The maximum Gasteiger partial charge on any atom is 0.258 e. The van der Waals surface area contributed by atoms with E-state index in [2.05, 4.69) is 4.98 Å². The van der Waals surface area contributed by atoms with Gasteiger partial charge in [0.1, 0.15) is 0 Å². The van der Waals surface area contributed by atoms with Gasteiger partial charge in [0.05, 0.1) is 0 Å². The van der Waals surface area contributed by atoms with E-state index in [0.29, 0.717) is 15.8 Å². The predicted octanol–water partition coefficient (Wildman–Crippen LogP) is 1.54. The highest BCUT2D eigenvalue weighted by Gasteiger charge is 1.97. The van der Waals surface area contributed by atoms with Gasteiger partial charge in [0, 0.05) is 16.5 Å². The van der Waals surface area contributed by atoms with Gasteiger partial charge in [-0.3, -0.25) is 14.6 Å². The van der Waals surface area contributed by atoms with Crippen LogP contribution in [0.15, 0.2) is 39.9 Å². The van der Waals surface area contributed by atoms with Crippen LogP contribution in [0.3, 0.4) is 0 Å². The van der Waals surface area contributed by atoms with Crippen LogP contribution in [0.25, 0.3) is 10.8 Å². The number of hydrogen-bond donors (Lipinski definition) is 1. The summed E-state index contributed by atoms with van der Waals surface area (Å²) in [5, 5.41) is 1.65. The number of hydrogen-bond acceptors (Lipinski definition) is 2. The van der Waals surface area contributed by atoms with Gasteiger partial charge in [-0.25, -0.2) is 0 Å². The maximum atomic E-state index is 11.4. The number of aromatic amines is 1. The normalized spacial score (nSPS) is 10.4. The Morgan fingerprint density at radius 2 is 1.86 bits per heavy atom. The first-order chi connectivity index (χ1) is 6.66. The fraction of sp³-hybridized carbons (Fsp3) is 0. The molecule has 3 nitrogen and oxygen atoms in total. The van der Waals surface area contributed by atoms with Gasteiger partial charge >= 0.3 is 0 Å². The second-order valence-corrected chi connectivity index (χ2v) is 3.32. The molecule has 0 aliphatic carbocycles. The molecule has 0 unspecified atom stereocenters. The molecule has 0 amide bonds. The molecule has 14 heavy (non-hydrogen) atoms. The molecule has 0 atom stereocenters. The standard InChI is InChI=1S/C10H6ClNO2/c11-7-2-3-8-6(5-7)1-4-9(13)12-10(8)14/h1-5H,(H,12,13,14). The van der Waals surface area contributed by atoms with Crippen molar-refractivity contribution >= 4 is 22.4 Å². The Kier molecular flexibility index (Phi) is 2.09. The van der Waals surface area contributed by atoms with Crippen molar-refractivity contribution in [3.05, 3.63) is 56.1 Å². The molecule has 0 saturated carbocycles. The van der Waals surface area contributed by atoms with Gasteiger partial charge in [0.15, 0.2) is 0 Å². The number of aromatic nitrogens is 1. The summed E-state index contributed by atoms with van der Waals surface area (Å²) in [6.07, 6.45) is 0. The van der Waals surface area contributed by atoms with Crippen molar-refractivity contribution < 1.29 is 0 Å². The molecule has 1 heterocycles. The lowest BCUT2D eigenvalue weighted by Crippen LogP contribution is -2.12. The van der Waals surface area contributed by atoms with Crippen molar-refractivity contribution in [1.82, 2.24) is 4.98 Å². The zero-order valence-electron chi connectivity index (χ0n) is 7.08. The third kappa shape index (κ3) is 1.54. The van der Waals surface area contributed by atoms with Crippen molar-refractivity contribution in [2.75, 3.05) is 0 Å². The first kappa shape index (κ1) is 8.97. The molecule has 0 spiro atoms. The number of halogens is 1. The lowest BCUT2D eigenvalue weighted by Gasteiger charge is -1.90. The van der Waals surface area contributed by atoms with E-state index in [4.69, 9.17) is 11.6 Å². The van der Waals surface area contributed by atoms with Crippen LogP contribution in [0.1, 0.15) is 0 Å². The fourth-order valence-corrected chi connectivity index (χ4v) is 1.45. The highest BCUT2D eigenvalue weighted by Crippen LogP contribution is 2.14. The molecule has 1 N–H and O–H groups in total. The lowest BCUT2D eigenvalue weighted by atomic mass is 10.2.